The third kappa shape index (κ3) is 4.24. The van der Waals surface area contributed by atoms with Gasteiger partial charge in [0, 0.05) is 17.4 Å². The topological polar surface area (TPSA) is 106 Å². The molecule has 3 aromatic heterocycles. The van der Waals surface area contributed by atoms with Gasteiger partial charge in [0.1, 0.15) is 11.3 Å². The van der Waals surface area contributed by atoms with Crippen LogP contribution in [-0.2, 0) is 6.42 Å². The molecule has 8 nitrogen and oxygen atoms in total. The predicted octanol–water partition coefficient (Wildman–Crippen LogP) is 4.22. The van der Waals surface area contributed by atoms with Crippen molar-refractivity contribution < 1.29 is 14.4 Å². The molecule has 164 valence electrons. The number of carbonyl (C=O) groups excluding carboxylic acids is 1. The van der Waals surface area contributed by atoms with Crippen LogP contribution >= 0.6 is 0 Å². The number of hydrogen-bond donors (Lipinski definition) is 2. The van der Waals surface area contributed by atoms with E-state index in [1.807, 2.05) is 67.6 Å². The van der Waals surface area contributed by atoms with E-state index in [0.29, 0.717) is 34.3 Å². The van der Waals surface area contributed by atoms with Crippen molar-refractivity contribution in [2.24, 2.45) is 0 Å². The Morgan fingerprint density at radius 3 is 2.79 bits per heavy atom. The Balaban J connectivity index is 1.35. The van der Waals surface area contributed by atoms with E-state index in [-0.39, 0.29) is 12.3 Å². The van der Waals surface area contributed by atoms with Gasteiger partial charge < -0.3 is 14.9 Å². The van der Waals surface area contributed by atoms with Gasteiger partial charge in [0.05, 0.1) is 18.7 Å². The lowest BCUT2D eigenvalue weighted by Gasteiger charge is -2.09. The highest BCUT2D eigenvalue weighted by Crippen LogP contribution is 2.25. The van der Waals surface area contributed by atoms with Crippen molar-refractivity contribution >= 4 is 17.2 Å². The molecule has 8 heteroatoms. The molecule has 1 atom stereocenters. The van der Waals surface area contributed by atoms with E-state index >= 15 is 0 Å². The average Bonchev–Trinajstić information content (AvgIpc) is 3.48. The summed E-state index contributed by atoms with van der Waals surface area (Å²) in [7, 11) is 0. The Hall–Kier alpha value is -4.30. The minimum absolute atomic E-state index is 0.209. The Morgan fingerprint density at radius 2 is 1.94 bits per heavy atom. The van der Waals surface area contributed by atoms with Crippen LogP contribution < -0.4 is 5.32 Å². The highest BCUT2D eigenvalue weighted by Gasteiger charge is 2.17. The minimum Gasteiger partial charge on any atom is -0.388 e. The lowest BCUT2D eigenvalue weighted by molar-refractivity contribution is 0.102. The maximum absolute atomic E-state index is 12.9. The quantitative estimate of drug-likeness (QED) is 0.410. The maximum atomic E-state index is 12.9. The van der Waals surface area contributed by atoms with Crippen molar-refractivity contribution in [1.82, 2.24) is 19.5 Å². The Morgan fingerprint density at radius 1 is 1.12 bits per heavy atom. The number of aliphatic hydroxyl groups excluding tert-OH is 1. The largest absolute Gasteiger partial charge is 0.388 e. The number of imidazole rings is 1. The maximum Gasteiger partial charge on any atom is 0.274 e. The fourth-order valence-corrected chi connectivity index (χ4v) is 3.60. The summed E-state index contributed by atoms with van der Waals surface area (Å²) >= 11 is 0. The first kappa shape index (κ1) is 20.6. The van der Waals surface area contributed by atoms with E-state index in [4.69, 9.17) is 4.52 Å². The lowest BCUT2D eigenvalue weighted by atomic mass is 10.1. The van der Waals surface area contributed by atoms with Gasteiger partial charge >= 0.3 is 0 Å². The molecule has 0 aliphatic heterocycles. The van der Waals surface area contributed by atoms with Crippen molar-refractivity contribution in [3.8, 4) is 11.4 Å². The van der Waals surface area contributed by atoms with E-state index in [9.17, 15) is 9.90 Å². The summed E-state index contributed by atoms with van der Waals surface area (Å²) in [4.78, 5) is 21.6. The molecule has 0 fully saturated rings. The van der Waals surface area contributed by atoms with Crippen LogP contribution in [0.4, 0.5) is 5.69 Å². The summed E-state index contributed by atoms with van der Waals surface area (Å²) in [5, 5.41) is 17.4. The molecule has 2 aromatic carbocycles. The molecule has 2 N–H and O–H groups in total. The van der Waals surface area contributed by atoms with Gasteiger partial charge in [0.2, 0.25) is 11.7 Å². The van der Waals surface area contributed by atoms with Crippen LogP contribution in [0.15, 0.2) is 83.6 Å². The van der Waals surface area contributed by atoms with Gasteiger partial charge in [-0.25, -0.2) is 4.98 Å². The van der Waals surface area contributed by atoms with Gasteiger partial charge in [0.15, 0.2) is 0 Å². The number of aliphatic hydroxyl groups is 1. The van der Waals surface area contributed by atoms with Crippen molar-refractivity contribution in [3.63, 3.8) is 0 Å². The summed E-state index contributed by atoms with van der Waals surface area (Å²) < 4.78 is 7.08. The molecule has 0 aliphatic carbocycles. The fourth-order valence-electron chi connectivity index (χ4n) is 3.60. The van der Waals surface area contributed by atoms with Crippen molar-refractivity contribution in [1.29, 1.82) is 0 Å². The monoisotopic (exact) mass is 439 g/mol. The minimum atomic E-state index is -0.738. The van der Waals surface area contributed by atoms with Crippen molar-refractivity contribution in [2.75, 3.05) is 5.32 Å². The molecule has 0 saturated carbocycles. The van der Waals surface area contributed by atoms with Crippen LogP contribution in [0, 0.1) is 6.92 Å². The van der Waals surface area contributed by atoms with E-state index in [0.717, 1.165) is 11.1 Å². The van der Waals surface area contributed by atoms with Crippen LogP contribution in [-0.4, -0.2) is 30.5 Å². The smallest absolute Gasteiger partial charge is 0.274 e. The molecule has 1 amide bonds. The number of rotatable bonds is 6. The van der Waals surface area contributed by atoms with Gasteiger partial charge in [-0.1, -0.05) is 53.7 Å². The normalized spacial score (nSPS) is 12.1. The third-order valence-electron chi connectivity index (χ3n) is 5.41. The van der Waals surface area contributed by atoms with Crippen LogP contribution in [0.5, 0.6) is 0 Å². The van der Waals surface area contributed by atoms with Crippen LogP contribution in [0.1, 0.15) is 33.6 Å². The molecule has 0 aliphatic rings. The second-order valence-corrected chi connectivity index (χ2v) is 7.70. The number of anilines is 1. The summed E-state index contributed by atoms with van der Waals surface area (Å²) in [6.45, 7) is 1.91. The molecule has 0 bridgehead atoms. The molecule has 33 heavy (non-hydrogen) atoms. The summed E-state index contributed by atoms with van der Waals surface area (Å²) in [6, 6.07) is 20.4. The van der Waals surface area contributed by atoms with Crippen LogP contribution in [0.3, 0.4) is 0 Å². The molecule has 0 radical (unpaired) electrons. The second-order valence-electron chi connectivity index (χ2n) is 7.70. The standard InChI is InChI=1S/C25H21N5O3/c1-16-10-11-18(24-28-23(33-29-24)14-21(31)17-7-3-2-4-8-17)13-19(16)27-25(32)20-15-26-22-9-5-6-12-30(20)22/h2-13,15,21,31H,14H2,1H3,(H,27,32). The van der Waals surface area contributed by atoms with Crippen molar-refractivity contribution in [2.45, 2.75) is 19.4 Å². The van der Waals surface area contributed by atoms with Crippen LogP contribution in [0.2, 0.25) is 0 Å². The summed E-state index contributed by atoms with van der Waals surface area (Å²) in [5.41, 5.74) is 4.14. The van der Waals surface area contributed by atoms with Gasteiger partial charge in [0.25, 0.3) is 5.91 Å². The highest BCUT2D eigenvalue weighted by atomic mass is 16.5. The number of aromatic nitrogens is 4. The van der Waals surface area contributed by atoms with E-state index < -0.39 is 6.10 Å². The number of pyridine rings is 1. The average molecular weight is 439 g/mol. The van der Waals surface area contributed by atoms with Crippen molar-refractivity contribution in [3.05, 3.63) is 102 Å². The zero-order valence-electron chi connectivity index (χ0n) is 17.8. The lowest BCUT2D eigenvalue weighted by Crippen LogP contribution is -2.15. The first-order chi connectivity index (χ1) is 16.1. The third-order valence-corrected chi connectivity index (χ3v) is 5.41. The zero-order chi connectivity index (χ0) is 22.8. The molecular weight excluding hydrogens is 418 g/mol. The summed E-state index contributed by atoms with van der Waals surface area (Å²) in [5.74, 6) is 0.447. The first-order valence-corrected chi connectivity index (χ1v) is 10.5. The van der Waals surface area contributed by atoms with Gasteiger partial charge in [-0.15, -0.1) is 0 Å². The van der Waals surface area contributed by atoms with Gasteiger partial charge in [-0.3, -0.25) is 9.20 Å². The second kappa shape index (κ2) is 8.68. The molecule has 3 heterocycles. The number of nitrogens with zero attached hydrogens (tertiary/aromatic N) is 4. The number of amides is 1. The number of carbonyl (C=O) groups is 1. The summed E-state index contributed by atoms with van der Waals surface area (Å²) in [6.07, 6.45) is 2.82. The number of fused-ring (bicyclic) bond motifs is 1. The number of benzene rings is 2. The fraction of sp³-hybridized carbons (Fsp3) is 0.120. The molecular formula is C25H21N5O3. The Labute approximate surface area is 189 Å². The van der Waals surface area contributed by atoms with E-state index in [1.165, 1.54) is 0 Å². The Bertz CT molecular complexity index is 1420. The van der Waals surface area contributed by atoms with Gasteiger partial charge in [-0.2, -0.15) is 4.98 Å². The molecule has 0 spiro atoms. The van der Waals surface area contributed by atoms with Crippen LogP contribution in [0.25, 0.3) is 17.0 Å². The SMILES string of the molecule is Cc1ccc(-c2noc(CC(O)c3ccccc3)n2)cc1NC(=O)c1cnc2ccccn12. The number of aryl methyl sites for hydroxylation is 1. The highest BCUT2D eigenvalue weighted by molar-refractivity contribution is 6.04. The molecule has 1 unspecified atom stereocenters. The number of hydrogen-bond acceptors (Lipinski definition) is 6. The van der Waals surface area contributed by atoms with Gasteiger partial charge in [-0.05, 0) is 36.2 Å². The zero-order valence-corrected chi connectivity index (χ0v) is 17.8. The number of nitrogens with one attached hydrogen (secondary N) is 1. The molecule has 5 aromatic rings. The Kier molecular flexibility index (Phi) is 5.42. The molecule has 5 rings (SSSR count). The first-order valence-electron chi connectivity index (χ1n) is 10.5. The molecule has 0 saturated heterocycles. The predicted molar refractivity (Wildman–Crippen MR) is 123 cm³/mol. The van der Waals surface area contributed by atoms with E-state index in [2.05, 4.69) is 20.4 Å². The van der Waals surface area contributed by atoms with E-state index in [1.54, 1.807) is 22.9 Å².